The van der Waals surface area contributed by atoms with Crippen LogP contribution >= 0.6 is 0 Å². The van der Waals surface area contributed by atoms with E-state index in [0.717, 1.165) is 64.3 Å². The third-order valence-electron chi connectivity index (χ3n) is 8.23. The molecule has 2 atom stereocenters. The number of benzene rings is 1. The SMILES string of the molecule is CC(C1CC(C(=O)N2CCCCC2)=Cc2c1oc(C1CCNCC1)cc2=O)N(C)c1cc(F)cc(F)c1. The Morgan fingerprint density at radius 2 is 1.76 bits per heavy atom. The van der Waals surface area contributed by atoms with Gasteiger partial charge in [0, 0.05) is 61.4 Å². The van der Waals surface area contributed by atoms with Gasteiger partial charge in [0.05, 0.1) is 5.56 Å². The molecule has 1 aromatic heterocycles. The van der Waals surface area contributed by atoms with Crippen LogP contribution in [0.1, 0.15) is 74.4 Å². The van der Waals surface area contributed by atoms with Crippen LogP contribution in [0.3, 0.4) is 0 Å². The lowest BCUT2D eigenvalue weighted by atomic mass is 9.81. The number of nitrogens with one attached hydrogen (secondary N) is 1. The molecule has 37 heavy (non-hydrogen) atoms. The molecule has 1 amide bonds. The van der Waals surface area contributed by atoms with Crippen LogP contribution in [0.5, 0.6) is 0 Å². The van der Waals surface area contributed by atoms with E-state index in [1.54, 1.807) is 24.1 Å². The van der Waals surface area contributed by atoms with Gasteiger partial charge in [0.25, 0.3) is 0 Å². The van der Waals surface area contributed by atoms with Gasteiger partial charge in [0.15, 0.2) is 5.43 Å². The van der Waals surface area contributed by atoms with Gasteiger partial charge in [0.2, 0.25) is 5.91 Å². The van der Waals surface area contributed by atoms with E-state index in [2.05, 4.69) is 5.32 Å². The molecule has 2 fully saturated rings. The first-order valence-corrected chi connectivity index (χ1v) is 13.4. The number of hydrogen-bond acceptors (Lipinski definition) is 5. The predicted octanol–water partition coefficient (Wildman–Crippen LogP) is 4.79. The molecule has 5 rings (SSSR count). The molecule has 0 spiro atoms. The first kappa shape index (κ1) is 25.6. The summed E-state index contributed by atoms with van der Waals surface area (Å²) in [6, 6.07) is 4.72. The van der Waals surface area contributed by atoms with Gasteiger partial charge in [-0.3, -0.25) is 9.59 Å². The maximum atomic E-state index is 14.0. The summed E-state index contributed by atoms with van der Waals surface area (Å²) in [6.07, 6.45) is 6.96. The van der Waals surface area contributed by atoms with Crippen molar-refractivity contribution < 1.29 is 18.0 Å². The van der Waals surface area contributed by atoms with Crippen molar-refractivity contribution in [3.8, 4) is 0 Å². The summed E-state index contributed by atoms with van der Waals surface area (Å²) in [5.41, 5.74) is 1.25. The fraction of sp³-hybridized carbons (Fsp3) is 0.517. The van der Waals surface area contributed by atoms with Crippen molar-refractivity contribution >= 4 is 17.7 Å². The molecule has 0 bridgehead atoms. The summed E-state index contributed by atoms with van der Waals surface area (Å²) in [6.45, 7) is 5.12. The van der Waals surface area contributed by atoms with Gasteiger partial charge in [0.1, 0.15) is 23.2 Å². The number of fused-ring (bicyclic) bond motifs is 1. The molecule has 2 aromatic rings. The number of amides is 1. The van der Waals surface area contributed by atoms with E-state index in [0.29, 0.717) is 34.8 Å². The molecule has 3 aliphatic rings. The molecule has 1 aromatic carbocycles. The average molecular weight is 512 g/mol. The van der Waals surface area contributed by atoms with E-state index in [1.807, 2.05) is 11.8 Å². The Labute approximate surface area is 216 Å². The van der Waals surface area contributed by atoms with Crippen molar-refractivity contribution in [2.75, 3.05) is 38.1 Å². The number of hydrogen-bond donors (Lipinski definition) is 1. The Bertz CT molecular complexity index is 1230. The molecule has 2 saturated heterocycles. The standard InChI is InChI=1S/C29H35F2N3O3/c1-18(33(2)23-15-21(30)14-22(31)16-23)24-12-20(29(36)34-10-4-3-5-11-34)13-25-26(35)17-27(37-28(24)25)19-6-8-32-9-7-19/h13-19,24,32H,3-12H2,1-2H3. The first-order chi connectivity index (χ1) is 17.8. The van der Waals surface area contributed by atoms with Gasteiger partial charge in [-0.25, -0.2) is 8.78 Å². The van der Waals surface area contributed by atoms with Crippen molar-refractivity contribution in [1.82, 2.24) is 10.2 Å². The van der Waals surface area contributed by atoms with Crippen molar-refractivity contribution in [2.24, 2.45) is 0 Å². The van der Waals surface area contributed by atoms with Crippen LogP contribution in [0.2, 0.25) is 0 Å². The number of likely N-dealkylation sites (N-methyl/N-ethyl adjacent to an activating group) is 1. The Hall–Kier alpha value is -3.00. The van der Waals surface area contributed by atoms with E-state index in [-0.39, 0.29) is 29.2 Å². The number of piperidine rings is 2. The normalized spacial score (nSPS) is 21.2. The third-order valence-corrected chi connectivity index (χ3v) is 8.23. The van der Waals surface area contributed by atoms with Gasteiger partial charge in [-0.1, -0.05) is 0 Å². The van der Waals surface area contributed by atoms with Gasteiger partial charge in [-0.15, -0.1) is 0 Å². The highest BCUT2D eigenvalue weighted by atomic mass is 19.1. The number of carbonyl (C=O) groups is 1. The van der Waals surface area contributed by atoms with Crippen molar-refractivity contribution in [3.63, 3.8) is 0 Å². The van der Waals surface area contributed by atoms with Crippen LogP contribution in [0.15, 0.2) is 39.1 Å². The third kappa shape index (κ3) is 5.35. The van der Waals surface area contributed by atoms with Crippen LogP contribution < -0.4 is 15.6 Å². The molecule has 6 nitrogen and oxygen atoms in total. The molecular weight excluding hydrogens is 476 g/mol. The number of nitrogens with zero attached hydrogens (tertiary/aromatic N) is 2. The van der Waals surface area contributed by atoms with E-state index in [4.69, 9.17) is 4.42 Å². The highest BCUT2D eigenvalue weighted by Crippen LogP contribution is 2.40. The largest absolute Gasteiger partial charge is 0.464 e. The summed E-state index contributed by atoms with van der Waals surface area (Å²) in [5, 5.41) is 3.34. The van der Waals surface area contributed by atoms with Gasteiger partial charge in [-0.05, 0) is 76.7 Å². The molecular formula is C29H35F2N3O3. The molecule has 1 N–H and O–H groups in total. The summed E-state index contributed by atoms with van der Waals surface area (Å²) < 4.78 is 34.5. The molecule has 8 heteroatoms. The van der Waals surface area contributed by atoms with E-state index in [1.165, 1.54) is 12.1 Å². The minimum absolute atomic E-state index is 0.0381. The fourth-order valence-corrected chi connectivity index (χ4v) is 5.91. The molecule has 3 heterocycles. The number of carbonyl (C=O) groups excluding carboxylic acids is 1. The summed E-state index contributed by atoms with van der Waals surface area (Å²) in [4.78, 5) is 30.6. The highest BCUT2D eigenvalue weighted by molar-refractivity contribution is 5.98. The van der Waals surface area contributed by atoms with Crippen molar-refractivity contribution in [2.45, 2.75) is 63.3 Å². The second kappa shape index (κ2) is 10.8. The lowest BCUT2D eigenvalue weighted by Gasteiger charge is -2.37. The fourth-order valence-electron chi connectivity index (χ4n) is 5.91. The minimum atomic E-state index is -0.654. The number of rotatable bonds is 5. The van der Waals surface area contributed by atoms with Crippen LogP contribution in [0.25, 0.3) is 6.08 Å². The molecule has 1 aliphatic carbocycles. The second-order valence-electron chi connectivity index (χ2n) is 10.6. The van der Waals surface area contributed by atoms with Crippen molar-refractivity contribution in [1.29, 1.82) is 0 Å². The molecule has 198 valence electrons. The maximum absolute atomic E-state index is 14.0. The topological polar surface area (TPSA) is 65.8 Å². The van der Waals surface area contributed by atoms with Crippen LogP contribution in [0.4, 0.5) is 14.5 Å². The lowest BCUT2D eigenvalue weighted by molar-refractivity contribution is -0.128. The molecule has 0 saturated carbocycles. The predicted molar refractivity (Wildman–Crippen MR) is 140 cm³/mol. The lowest BCUT2D eigenvalue weighted by Crippen LogP contribution is -2.40. The Morgan fingerprint density at radius 1 is 1.08 bits per heavy atom. The molecule has 2 aliphatic heterocycles. The monoisotopic (exact) mass is 511 g/mol. The van der Waals surface area contributed by atoms with Crippen molar-refractivity contribution in [3.05, 3.63) is 68.8 Å². The number of halogens is 2. The maximum Gasteiger partial charge on any atom is 0.249 e. The number of anilines is 1. The molecule has 2 unspecified atom stereocenters. The number of likely N-dealkylation sites (tertiary alicyclic amines) is 1. The van der Waals surface area contributed by atoms with Gasteiger partial charge in [-0.2, -0.15) is 0 Å². The molecule has 0 radical (unpaired) electrons. The summed E-state index contributed by atoms with van der Waals surface area (Å²) in [5.74, 6) is -0.283. The zero-order valence-electron chi connectivity index (χ0n) is 21.6. The smallest absolute Gasteiger partial charge is 0.249 e. The Kier molecular flexibility index (Phi) is 7.47. The summed E-state index contributed by atoms with van der Waals surface area (Å²) in [7, 11) is 1.78. The Balaban J connectivity index is 1.55. The average Bonchev–Trinajstić information content (AvgIpc) is 2.91. The zero-order valence-corrected chi connectivity index (χ0v) is 21.6. The van der Waals surface area contributed by atoms with E-state index >= 15 is 0 Å². The second-order valence-corrected chi connectivity index (χ2v) is 10.6. The minimum Gasteiger partial charge on any atom is -0.464 e. The highest BCUT2D eigenvalue weighted by Gasteiger charge is 2.36. The van der Waals surface area contributed by atoms with E-state index in [9.17, 15) is 18.4 Å². The zero-order chi connectivity index (χ0) is 26.1. The first-order valence-electron chi connectivity index (χ1n) is 13.4. The van der Waals surface area contributed by atoms with Crippen LogP contribution in [0, 0.1) is 11.6 Å². The van der Waals surface area contributed by atoms with E-state index < -0.39 is 11.6 Å². The van der Waals surface area contributed by atoms with Gasteiger partial charge >= 0.3 is 0 Å². The van der Waals surface area contributed by atoms with Gasteiger partial charge < -0.3 is 19.5 Å². The Morgan fingerprint density at radius 3 is 2.43 bits per heavy atom. The quantitative estimate of drug-likeness (QED) is 0.625. The van der Waals surface area contributed by atoms with Crippen LogP contribution in [-0.4, -0.2) is 50.1 Å². The van der Waals surface area contributed by atoms with Crippen LogP contribution in [-0.2, 0) is 4.79 Å². The summed E-state index contributed by atoms with van der Waals surface area (Å²) >= 11 is 0.